The lowest BCUT2D eigenvalue weighted by Gasteiger charge is -2.33. The molecule has 0 spiro atoms. The highest BCUT2D eigenvalue weighted by Gasteiger charge is 2.45. The molecule has 3 rings (SSSR count). The van der Waals surface area contributed by atoms with Crippen LogP contribution in [0.15, 0.2) is 24.3 Å². The fourth-order valence-electron chi connectivity index (χ4n) is 3.86. The zero-order chi connectivity index (χ0) is 14.1. The van der Waals surface area contributed by atoms with Crippen LogP contribution < -0.4 is 0 Å². The van der Waals surface area contributed by atoms with Crippen LogP contribution in [0.1, 0.15) is 37.7 Å². The highest BCUT2D eigenvalue weighted by molar-refractivity contribution is 5.74. The Hall–Kier alpha value is -1.55. The van der Waals surface area contributed by atoms with Gasteiger partial charge in [-0.15, -0.1) is 0 Å². The van der Waals surface area contributed by atoms with Crippen LogP contribution in [-0.4, -0.2) is 33.2 Å². The predicted molar refractivity (Wildman–Crippen MR) is 75.4 cm³/mol. The lowest BCUT2D eigenvalue weighted by Crippen LogP contribution is -2.41. The maximum Gasteiger partial charge on any atom is 0.320 e. The molecule has 0 aromatic heterocycles. The van der Waals surface area contributed by atoms with Crippen LogP contribution in [0.3, 0.4) is 0 Å². The van der Waals surface area contributed by atoms with E-state index in [9.17, 15) is 15.0 Å². The fourth-order valence-corrected chi connectivity index (χ4v) is 3.86. The second kappa shape index (κ2) is 5.44. The first-order chi connectivity index (χ1) is 9.66. The van der Waals surface area contributed by atoms with Crippen LogP contribution in [0.5, 0.6) is 5.75 Å². The largest absolute Gasteiger partial charge is 0.508 e. The van der Waals surface area contributed by atoms with Gasteiger partial charge in [-0.25, -0.2) is 0 Å². The van der Waals surface area contributed by atoms with E-state index < -0.39 is 12.0 Å². The highest BCUT2D eigenvalue weighted by Crippen LogP contribution is 2.41. The lowest BCUT2D eigenvalue weighted by atomic mass is 9.84. The monoisotopic (exact) mass is 275 g/mol. The minimum atomic E-state index is -0.727. The normalized spacial score (nSPS) is 30.1. The third kappa shape index (κ3) is 2.40. The molecule has 0 bridgehead atoms. The lowest BCUT2D eigenvalue weighted by molar-refractivity contribution is -0.142. The molecular weight excluding hydrogens is 254 g/mol. The molecule has 1 aliphatic heterocycles. The van der Waals surface area contributed by atoms with Gasteiger partial charge in [0.1, 0.15) is 11.8 Å². The minimum Gasteiger partial charge on any atom is -0.508 e. The van der Waals surface area contributed by atoms with Crippen LogP contribution in [0.4, 0.5) is 0 Å². The Morgan fingerprint density at radius 1 is 1.25 bits per heavy atom. The van der Waals surface area contributed by atoms with Crippen molar-refractivity contribution >= 4 is 5.97 Å². The minimum absolute atomic E-state index is 0.260. The molecule has 1 aromatic carbocycles. The molecule has 3 atom stereocenters. The van der Waals surface area contributed by atoms with Crippen molar-refractivity contribution in [1.82, 2.24) is 4.90 Å². The Kier molecular flexibility index (Phi) is 3.66. The smallest absolute Gasteiger partial charge is 0.320 e. The number of para-hydroxylation sites is 1. The van der Waals surface area contributed by atoms with Crippen LogP contribution in [0.2, 0.25) is 0 Å². The van der Waals surface area contributed by atoms with Gasteiger partial charge in [-0.2, -0.15) is 0 Å². The molecule has 1 aromatic rings. The molecule has 2 aliphatic rings. The van der Waals surface area contributed by atoms with Gasteiger partial charge in [0.25, 0.3) is 0 Å². The molecule has 3 unspecified atom stereocenters. The molecular formula is C16H21NO3. The number of carboxylic acid groups (broad SMARTS) is 1. The molecule has 0 amide bonds. The van der Waals surface area contributed by atoms with Gasteiger partial charge in [-0.1, -0.05) is 31.0 Å². The van der Waals surface area contributed by atoms with Gasteiger partial charge >= 0.3 is 5.97 Å². The summed E-state index contributed by atoms with van der Waals surface area (Å²) >= 11 is 0. The number of benzene rings is 1. The van der Waals surface area contributed by atoms with E-state index in [0.29, 0.717) is 18.5 Å². The van der Waals surface area contributed by atoms with Gasteiger partial charge in [-0.05, 0) is 31.2 Å². The second-order valence-corrected chi connectivity index (χ2v) is 6.00. The van der Waals surface area contributed by atoms with E-state index in [1.54, 1.807) is 12.1 Å². The molecule has 4 nitrogen and oxygen atoms in total. The first kappa shape index (κ1) is 13.4. The maximum absolute atomic E-state index is 11.5. The van der Waals surface area contributed by atoms with Gasteiger partial charge in [0, 0.05) is 18.2 Å². The number of fused-ring (bicyclic) bond motifs is 1. The zero-order valence-corrected chi connectivity index (χ0v) is 11.5. The van der Waals surface area contributed by atoms with Crippen molar-refractivity contribution in [3.63, 3.8) is 0 Å². The number of nitrogens with zero attached hydrogens (tertiary/aromatic N) is 1. The van der Waals surface area contributed by atoms with Crippen LogP contribution in [-0.2, 0) is 11.3 Å². The Balaban J connectivity index is 1.84. The summed E-state index contributed by atoms with van der Waals surface area (Å²) in [5.41, 5.74) is 0.824. The summed E-state index contributed by atoms with van der Waals surface area (Å²) in [6.07, 6.45) is 5.39. The van der Waals surface area contributed by atoms with Crippen LogP contribution >= 0.6 is 0 Å². The summed E-state index contributed by atoms with van der Waals surface area (Å²) < 4.78 is 0. The second-order valence-electron chi connectivity index (χ2n) is 6.00. The van der Waals surface area contributed by atoms with Crippen molar-refractivity contribution in [2.75, 3.05) is 0 Å². The first-order valence-corrected chi connectivity index (χ1v) is 7.42. The molecule has 1 heterocycles. The molecule has 2 fully saturated rings. The Bertz CT molecular complexity index is 502. The average Bonchev–Trinajstić information content (AvgIpc) is 2.81. The number of aromatic hydroxyl groups is 1. The molecule has 0 radical (unpaired) electrons. The zero-order valence-electron chi connectivity index (χ0n) is 11.5. The number of phenolic OH excluding ortho intramolecular Hbond substituents is 1. The summed E-state index contributed by atoms with van der Waals surface area (Å²) in [7, 11) is 0. The number of carboxylic acids is 1. The summed E-state index contributed by atoms with van der Waals surface area (Å²) in [6, 6.07) is 7.19. The predicted octanol–water partition coefficient (Wildman–Crippen LogP) is 2.61. The van der Waals surface area contributed by atoms with Crippen molar-refractivity contribution in [1.29, 1.82) is 0 Å². The average molecular weight is 275 g/mol. The van der Waals surface area contributed by atoms with E-state index in [-0.39, 0.29) is 5.75 Å². The number of aliphatic carboxylic acids is 1. The Morgan fingerprint density at radius 3 is 2.75 bits per heavy atom. The van der Waals surface area contributed by atoms with E-state index in [4.69, 9.17) is 0 Å². The Labute approximate surface area is 119 Å². The standard InChI is InChI=1S/C16H21NO3/c18-15-8-4-2-6-12(15)10-17-13-7-3-1-5-11(13)9-14(17)16(19)20/h2,4,6,8,11,13-14,18H,1,3,5,7,9-10H2,(H,19,20). The summed E-state index contributed by atoms with van der Waals surface area (Å²) in [6.45, 7) is 0.533. The number of hydrogen-bond acceptors (Lipinski definition) is 3. The molecule has 1 aliphatic carbocycles. The topological polar surface area (TPSA) is 60.8 Å². The Morgan fingerprint density at radius 2 is 2.00 bits per heavy atom. The molecule has 20 heavy (non-hydrogen) atoms. The van der Waals surface area contributed by atoms with E-state index in [2.05, 4.69) is 4.90 Å². The van der Waals surface area contributed by atoms with Crippen LogP contribution in [0, 0.1) is 5.92 Å². The molecule has 108 valence electrons. The molecule has 1 saturated carbocycles. The van der Waals surface area contributed by atoms with Crippen molar-refractivity contribution < 1.29 is 15.0 Å². The maximum atomic E-state index is 11.5. The van der Waals surface area contributed by atoms with Gasteiger partial charge in [-0.3, -0.25) is 9.69 Å². The number of carbonyl (C=O) groups is 1. The van der Waals surface area contributed by atoms with Crippen molar-refractivity contribution in [2.24, 2.45) is 5.92 Å². The van der Waals surface area contributed by atoms with E-state index >= 15 is 0 Å². The SMILES string of the molecule is O=C(O)C1CC2CCCCC2N1Cc1ccccc1O. The van der Waals surface area contributed by atoms with Gasteiger partial charge in [0.05, 0.1) is 0 Å². The molecule has 1 saturated heterocycles. The first-order valence-electron chi connectivity index (χ1n) is 7.42. The summed E-state index contributed by atoms with van der Waals surface area (Å²) in [5, 5.41) is 19.4. The quantitative estimate of drug-likeness (QED) is 0.890. The number of hydrogen-bond donors (Lipinski definition) is 2. The summed E-state index contributed by atoms with van der Waals surface area (Å²) in [4.78, 5) is 13.6. The van der Waals surface area contributed by atoms with E-state index in [1.807, 2.05) is 12.1 Å². The van der Waals surface area contributed by atoms with Crippen molar-refractivity contribution in [3.8, 4) is 5.75 Å². The van der Waals surface area contributed by atoms with Crippen LogP contribution in [0.25, 0.3) is 0 Å². The van der Waals surface area contributed by atoms with Crippen molar-refractivity contribution in [3.05, 3.63) is 29.8 Å². The third-order valence-corrected chi connectivity index (χ3v) is 4.85. The fraction of sp³-hybridized carbons (Fsp3) is 0.562. The summed E-state index contributed by atoms with van der Waals surface area (Å²) in [5.74, 6) is 0.0430. The van der Waals surface area contributed by atoms with E-state index in [1.165, 1.54) is 12.8 Å². The van der Waals surface area contributed by atoms with Gasteiger partial charge < -0.3 is 10.2 Å². The van der Waals surface area contributed by atoms with Gasteiger partial charge in [0.15, 0.2) is 0 Å². The number of likely N-dealkylation sites (tertiary alicyclic amines) is 1. The number of phenols is 1. The molecule has 2 N–H and O–H groups in total. The van der Waals surface area contributed by atoms with Crippen molar-refractivity contribution in [2.45, 2.75) is 50.7 Å². The number of rotatable bonds is 3. The highest BCUT2D eigenvalue weighted by atomic mass is 16.4. The third-order valence-electron chi connectivity index (χ3n) is 4.85. The van der Waals surface area contributed by atoms with Gasteiger partial charge in [0.2, 0.25) is 0 Å². The van der Waals surface area contributed by atoms with E-state index in [0.717, 1.165) is 24.8 Å². The molecule has 4 heteroatoms.